The lowest BCUT2D eigenvalue weighted by atomic mass is 10.2. The molecule has 0 aliphatic heterocycles. The van der Waals surface area contributed by atoms with Gasteiger partial charge in [-0.25, -0.2) is 0 Å². The van der Waals surface area contributed by atoms with Crippen molar-refractivity contribution < 1.29 is 19.8 Å². The predicted molar refractivity (Wildman–Crippen MR) is 91.3 cm³/mol. The number of nitrogens with one attached hydrogen (secondary N) is 1. The van der Waals surface area contributed by atoms with E-state index in [1.54, 1.807) is 23.1 Å². The first kappa shape index (κ1) is 21.9. The summed E-state index contributed by atoms with van der Waals surface area (Å²) in [6, 6.07) is 5.19. The van der Waals surface area contributed by atoms with E-state index in [1.807, 2.05) is 0 Å². The van der Waals surface area contributed by atoms with Crippen molar-refractivity contribution >= 4 is 47.5 Å². The van der Waals surface area contributed by atoms with Crippen LogP contribution in [-0.4, -0.2) is 53.2 Å². The topological polar surface area (TPSA) is 89.9 Å². The number of nitrogens with zero attached hydrogens (tertiary/aromatic N) is 1. The maximum atomic E-state index is 11.7. The smallest absolute Gasteiger partial charge is 0.322 e. The maximum Gasteiger partial charge on any atom is 0.322 e. The van der Waals surface area contributed by atoms with Crippen LogP contribution in [0.4, 0.5) is 0 Å². The lowest BCUT2D eigenvalue weighted by molar-refractivity contribution is -0.138. The van der Waals surface area contributed by atoms with Gasteiger partial charge in [0, 0.05) is 19.7 Å². The first-order chi connectivity index (χ1) is 10.4. The lowest BCUT2D eigenvalue weighted by Gasteiger charge is -2.21. The molecule has 0 atom stereocenters. The zero-order valence-electron chi connectivity index (χ0n) is 12.3. The van der Waals surface area contributed by atoms with Gasteiger partial charge in [0.2, 0.25) is 5.91 Å². The van der Waals surface area contributed by atoms with Crippen LogP contribution in [0.25, 0.3) is 0 Å². The Hall–Kier alpha value is -1.05. The third kappa shape index (κ3) is 8.98. The zero-order valence-corrected chi connectivity index (χ0v) is 14.6. The van der Waals surface area contributed by atoms with Crippen LogP contribution in [0.1, 0.15) is 12.0 Å². The highest BCUT2D eigenvalue weighted by molar-refractivity contribution is 6.42. The molecular weight excluding hydrogens is 367 g/mol. The molecule has 0 radical (unpaired) electrons. The largest absolute Gasteiger partial charge is 0.480 e. The molecule has 1 aromatic rings. The van der Waals surface area contributed by atoms with Crippen LogP contribution in [0.2, 0.25) is 10.0 Å². The zero-order chi connectivity index (χ0) is 16.5. The van der Waals surface area contributed by atoms with E-state index in [-0.39, 0.29) is 31.5 Å². The third-order valence-corrected chi connectivity index (χ3v) is 3.57. The van der Waals surface area contributed by atoms with Crippen molar-refractivity contribution in [3.05, 3.63) is 33.8 Å². The van der Waals surface area contributed by atoms with Gasteiger partial charge in [0.15, 0.2) is 0 Å². The Kier molecular flexibility index (Phi) is 11.0. The molecule has 1 rings (SSSR count). The fourth-order valence-corrected chi connectivity index (χ4v) is 2.16. The van der Waals surface area contributed by atoms with Crippen molar-refractivity contribution in [2.45, 2.75) is 13.0 Å². The number of hydrogen-bond acceptors (Lipinski definition) is 4. The molecule has 6 nitrogen and oxygen atoms in total. The lowest BCUT2D eigenvalue weighted by Crippen LogP contribution is -2.39. The van der Waals surface area contributed by atoms with Gasteiger partial charge in [-0.1, -0.05) is 29.3 Å². The number of hydrogen-bond donors (Lipinski definition) is 3. The van der Waals surface area contributed by atoms with Crippen LogP contribution in [-0.2, 0) is 16.1 Å². The van der Waals surface area contributed by atoms with Gasteiger partial charge in [-0.2, -0.15) is 0 Å². The molecule has 130 valence electrons. The van der Waals surface area contributed by atoms with E-state index in [1.165, 1.54) is 0 Å². The number of carbonyl (C=O) groups excluding carboxylic acids is 1. The van der Waals surface area contributed by atoms with Crippen molar-refractivity contribution in [1.29, 1.82) is 0 Å². The Labute approximate surface area is 150 Å². The van der Waals surface area contributed by atoms with E-state index in [9.17, 15) is 9.59 Å². The average molecular weight is 386 g/mol. The van der Waals surface area contributed by atoms with E-state index in [0.717, 1.165) is 5.56 Å². The molecule has 1 aromatic carbocycles. The first-order valence-electron chi connectivity index (χ1n) is 6.68. The molecule has 0 heterocycles. The molecule has 0 aromatic heterocycles. The van der Waals surface area contributed by atoms with Crippen LogP contribution >= 0.6 is 35.6 Å². The number of rotatable bonds is 9. The molecule has 0 aliphatic carbocycles. The summed E-state index contributed by atoms with van der Waals surface area (Å²) in [5.74, 6) is -1.49. The predicted octanol–water partition coefficient (Wildman–Crippen LogP) is 1.80. The van der Waals surface area contributed by atoms with Gasteiger partial charge in [0.25, 0.3) is 0 Å². The number of carboxylic acids is 1. The Morgan fingerprint density at radius 3 is 2.48 bits per heavy atom. The summed E-state index contributed by atoms with van der Waals surface area (Å²) in [7, 11) is 0. The van der Waals surface area contributed by atoms with Crippen molar-refractivity contribution in [1.82, 2.24) is 10.2 Å². The van der Waals surface area contributed by atoms with Gasteiger partial charge >= 0.3 is 5.97 Å². The molecule has 23 heavy (non-hydrogen) atoms. The maximum absolute atomic E-state index is 11.7. The van der Waals surface area contributed by atoms with E-state index >= 15 is 0 Å². The number of carbonyl (C=O) groups is 2. The third-order valence-electron chi connectivity index (χ3n) is 2.83. The number of aliphatic hydroxyl groups is 1. The second-order valence-corrected chi connectivity index (χ2v) is 5.52. The highest BCUT2D eigenvalue weighted by Crippen LogP contribution is 2.23. The minimum atomic E-state index is -1.10. The standard InChI is InChI=1S/C14H18Cl2N2O4.ClH/c15-11-3-2-10(6-12(11)16)8-18(4-1-5-19)9-13(20)17-7-14(21)22;/h2-3,6,19H,1,4-5,7-9H2,(H,17,20)(H,21,22);1H. The Morgan fingerprint density at radius 1 is 1.22 bits per heavy atom. The van der Waals surface area contributed by atoms with E-state index in [4.69, 9.17) is 33.4 Å². The fraction of sp³-hybridized carbons (Fsp3) is 0.429. The summed E-state index contributed by atoms with van der Waals surface area (Å²) >= 11 is 11.8. The van der Waals surface area contributed by atoms with Gasteiger partial charge in [-0.05, 0) is 24.1 Å². The highest BCUT2D eigenvalue weighted by Gasteiger charge is 2.12. The van der Waals surface area contributed by atoms with Gasteiger partial charge in [-0.15, -0.1) is 12.4 Å². The molecule has 9 heteroatoms. The molecule has 0 spiro atoms. The summed E-state index contributed by atoms with van der Waals surface area (Å²) in [4.78, 5) is 23.9. The number of aliphatic carboxylic acids is 1. The molecule has 0 unspecified atom stereocenters. The SMILES string of the molecule is Cl.O=C(O)CNC(=O)CN(CCCO)Cc1ccc(Cl)c(Cl)c1. The Bertz CT molecular complexity index is 529. The van der Waals surface area contributed by atoms with E-state index in [2.05, 4.69) is 5.32 Å². The summed E-state index contributed by atoms with van der Waals surface area (Å²) in [5, 5.41) is 20.7. The van der Waals surface area contributed by atoms with Crippen molar-refractivity contribution in [2.75, 3.05) is 26.2 Å². The quantitative estimate of drug-likeness (QED) is 0.603. The second-order valence-electron chi connectivity index (χ2n) is 4.71. The molecule has 0 bridgehead atoms. The van der Waals surface area contributed by atoms with Crippen molar-refractivity contribution in [3.63, 3.8) is 0 Å². The minimum Gasteiger partial charge on any atom is -0.480 e. The summed E-state index contributed by atoms with van der Waals surface area (Å²) in [6.45, 7) is 0.566. The Morgan fingerprint density at radius 2 is 1.91 bits per heavy atom. The second kappa shape index (κ2) is 11.5. The van der Waals surface area contributed by atoms with Crippen LogP contribution < -0.4 is 5.32 Å². The van der Waals surface area contributed by atoms with Crippen LogP contribution in [0, 0.1) is 0 Å². The number of benzene rings is 1. The molecular formula is C14H19Cl3N2O4. The summed E-state index contributed by atoms with van der Waals surface area (Å²) < 4.78 is 0. The van der Waals surface area contributed by atoms with Gasteiger partial charge < -0.3 is 15.5 Å². The molecule has 0 fully saturated rings. The number of amides is 1. The normalized spacial score (nSPS) is 10.3. The van der Waals surface area contributed by atoms with E-state index < -0.39 is 12.5 Å². The monoisotopic (exact) mass is 384 g/mol. The Balaban J connectivity index is 0.00000484. The van der Waals surface area contributed by atoms with Crippen LogP contribution in [0.5, 0.6) is 0 Å². The number of aliphatic hydroxyl groups excluding tert-OH is 1. The van der Waals surface area contributed by atoms with E-state index in [0.29, 0.717) is 29.6 Å². The number of carboxylic acid groups (broad SMARTS) is 1. The van der Waals surface area contributed by atoms with Crippen molar-refractivity contribution in [2.24, 2.45) is 0 Å². The summed E-state index contributed by atoms with van der Waals surface area (Å²) in [6.07, 6.45) is 0.507. The molecule has 3 N–H and O–H groups in total. The molecule has 0 saturated carbocycles. The minimum absolute atomic E-state index is 0. The fourth-order valence-electron chi connectivity index (χ4n) is 1.84. The number of halogens is 3. The highest BCUT2D eigenvalue weighted by atomic mass is 35.5. The summed E-state index contributed by atoms with van der Waals surface area (Å²) in [5.41, 5.74) is 0.873. The van der Waals surface area contributed by atoms with Crippen LogP contribution in [0.3, 0.4) is 0 Å². The van der Waals surface area contributed by atoms with Gasteiger partial charge in [-0.3, -0.25) is 14.5 Å². The molecule has 0 aliphatic rings. The molecule has 1 amide bonds. The van der Waals surface area contributed by atoms with Crippen molar-refractivity contribution in [3.8, 4) is 0 Å². The van der Waals surface area contributed by atoms with Gasteiger partial charge in [0.1, 0.15) is 6.54 Å². The molecule has 0 saturated heterocycles. The first-order valence-corrected chi connectivity index (χ1v) is 7.43. The van der Waals surface area contributed by atoms with Gasteiger partial charge in [0.05, 0.1) is 16.6 Å². The van der Waals surface area contributed by atoms with Crippen LogP contribution in [0.15, 0.2) is 18.2 Å². The average Bonchev–Trinajstić information content (AvgIpc) is 2.46.